The highest BCUT2D eigenvalue weighted by Crippen LogP contribution is 2.39. The summed E-state index contributed by atoms with van der Waals surface area (Å²) in [6.07, 6.45) is 2.47. The lowest BCUT2D eigenvalue weighted by molar-refractivity contribution is -0.132. The van der Waals surface area contributed by atoms with Crippen molar-refractivity contribution in [1.82, 2.24) is 10.2 Å². The largest absolute Gasteiger partial charge is 0.492 e. The molecule has 3 amide bonds. The van der Waals surface area contributed by atoms with Gasteiger partial charge >= 0.3 is 6.03 Å². The minimum absolute atomic E-state index is 0.164. The van der Waals surface area contributed by atoms with Crippen molar-refractivity contribution in [1.29, 1.82) is 0 Å². The van der Waals surface area contributed by atoms with E-state index in [1.165, 1.54) is 4.90 Å². The molecule has 1 spiro atoms. The highest BCUT2D eigenvalue weighted by Gasteiger charge is 2.53. The smallest absolute Gasteiger partial charge is 0.325 e. The summed E-state index contributed by atoms with van der Waals surface area (Å²) in [4.78, 5) is 26.9. The predicted octanol–water partition coefficient (Wildman–Crippen LogP) is 3.16. The molecule has 1 aliphatic heterocycles. The SMILES string of the molecule is Cc1cccc(OCCN2C(=O)N[C@@]3(CCCc4ccccc43)C2=O)c1. The van der Waals surface area contributed by atoms with E-state index >= 15 is 0 Å². The molecular weight excluding hydrogens is 328 g/mol. The van der Waals surface area contributed by atoms with E-state index < -0.39 is 5.54 Å². The second-order valence-electron chi connectivity index (χ2n) is 6.97. The van der Waals surface area contributed by atoms with E-state index in [9.17, 15) is 9.59 Å². The Hall–Kier alpha value is -2.82. The first-order chi connectivity index (χ1) is 12.6. The summed E-state index contributed by atoms with van der Waals surface area (Å²) in [5.74, 6) is 0.581. The Kier molecular flexibility index (Phi) is 4.15. The number of nitrogens with one attached hydrogen (secondary N) is 1. The van der Waals surface area contributed by atoms with E-state index in [0.29, 0.717) is 6.42 Å². The molecule has 2 aromatic carbocycles. The molecule has 1 N–H and O–H groups in total. The van der Waals surface area contributed by atoms with Gasteiger partial charge in [-0.2, -0.15) is 0 Å². The van der Waals surface area contributed by atoms with Gasteiger partial charge in [-0.15, -0.1) is 0 Å². The lowest BCUT2D eigenvalue weighted by Gasteiger charge is -2.33. The normalized spacial score (nSPS) is 21.7. The van der Waals surface area contributed by atoms with Crippen molar-refractivity contribution in [2.24, 2.45) is 0 Å². The van der Waals surface area contributed by atoms with Crippen molar-refractivity contribution in [3.8, 4) is 5.75 Å². The summed E-state index contributed by atoms with van der Waals surface area (Å²) in [6.45, 7) is 2.51. The van der Waals surface area contributed by atoms with Gasteiger partial charge in [0.25, 0.3) is 5.91 Å². The Morgan fingerprint density at radius 3 is 2.85 bits per heavy atom. The number of ether oxygens (including phenoxy) is 1. The fourth-order valence-electron chi connectivity index (χ4n) is 3.97. The third kappa shape index (κ3) is 2.73. The van der Waals surface area contributed by atoms with Crippen LogP contribution < -0.4 is 10.1 Å². The molecule has 0 radical (unpaired) electrons. The van der Waals surface area contributed by atoms with Crippen LogP contribution in [0, 0.1) is 6.92 Å². The summed E-state index contributed by atoms with van der Waals surface area (Å²) < 4.78 is 5.72. The molecule has 4 rings (SSSR count). The number of urea groups is 1. The second kappa shape index (κ2) is 6.48. The van der Waals surface area contributed by atoms with Crippen LogP contribution in [0.5, 0.6) is 5.75 Å². The van der Waals surface area contributed by atoms with Crippen LogP contribution in [0.3, 0.4) is 0 Å². The van der Waals surface area contributed by atoms with Crippen molar-refractivity contribution in [2.45, 2.75) is 31.7 Å². The number of carbonyl (C=O) groups is 2. The maximum absolute atomic E-state index is 13.1. The molecule has 1 atom stereocenters. The first kappa shape index (κ1) is 16.6. The van der Waals surface area contributed by atoms with Gasteiger partial charge < -0.3 is 10.1 Å². The van der Waals surface area contributed by atoms with Crippen LogP contribution >= 0.6 is 0 Å². The van der Waals surface area contributed by atoms with E-state index in [4.69, 9.17) is 4.74 Å². The average Bonchev–Trinajstić information content (AvgIpc) is 2.87. The van der Waals surface area contributed by atoms with Gasteiger partial charge in [0.15, 0.2) is 0 Å². The Labute approximate surface area is 153 Å². The molecule has 1 heterocycles. The molecule has 2 aromatic rings. The number of fused-ring (bicyclic) bond motifs is 2. The number of rotatable bonds is 4. The Morgan fingerprint density at radius 1 is 1.15 bits per heavy atom. The maximum Gasteiger partial charge on any atom is 0.325 e. The average molecular weight is 350 g/mol. The molecule has 5 heteroatoms. The minimum atomic E-state index is -0.907. The first-order valence-corrected chi connectivity index (χ1v) is 9.02. The van der Waals surface area contributed by atoms with E-state index in [1.54, 1.807) is 0 Å². The number of benzene rings is 2. The highest BCUT2D eigenvalue weighted by molar-refractivity contribution is 6.07. The lowest BCUT2D eigenvalue weighted by atomic mass is 9.76. The van der Waals surface area contributed by atoms with Crippen LogP contribution in [-0.4, -0.2) is 30.0 Å². The van der Waals surface area contributed by atoms with Crippen LogP contribution in [0.4, 0.5) is 4.79 Å². The molecule has 1 aliphatic carbocycles. The van der Waals surface area contributed by atoms with E-state index in [-0.39, 0.29) is 25.1 Å². The topological polar surface area (TPSA) is 58.6 Å². The predicted molar refractivity (Wildman–Crippen MR) is 98.0 cm³/mol. The zero-order valence-electron chi connectivity index (χ0n) is 14.8. The second-order valence-corrected chi connectivity index (χ2v) is 6.97. The van der Waals surface area contributed by atoms with Crippen molar-refractivity contribution in [2.75, 3.05) is 13.2 Å². The molecule has 0 aromatic heterocycles. The van der Waals surface area contributed by atoms with Gasteiger partial charge in [-0.05, 0) is 55.0 Å². The molecule has 26 heavy (non-hydrogen) atoms. The Morgan fingerprint density at radius 2 is 2.00 bits per heavy atom. The van der Waals surface area contributed by atoms with Crippen LogP contribution in [0.1, 0.15) is 29.5 Å². The van der Waals surface area contributed by atoms with Gasteiger partial charge in [0.05, 0.1) is 6.54 Å². The van der Waals surface area contributed by atoms with Gasteiger partial charge in [0, 0.05) is 0 Å². The fraction of sp³-hybridized carbons (Fsp3) is 0.333. The number of carbonyl (C=O) groups excluding carboxylic acids is 2. The highest BCUT2D eigenvalue weighted by atomic mass is 16.5. The number of hydrogen-bond donors (Lipinski definition) is 1. The molecule has 134 valence electrons. The summed E-state index contributed by atoms with van der Waals surface area (Å²) in [5, 5.41) is 2.96. The number of hydrogen-bond acceptors (Lipinski definition) is 3. The molecule has 0 bridgehead atoms. The van der Waals surface area contributed by atoms with Crippen molar-refractivity contribution >= 4 is 11.9 Å². The standard InChI is InChI=1S/C21H22N2O3/c1-15-6-4-9-17(14-15)26-13-12-23-19(24)21(22-20(23)25)11-5-8-16-7-2-3-10-18(16)21/h2-4,6-7,9-10,14H,5,8,11-13H2,1H3,(H,22,25)/t21-/m1/s1. The Bertz CT molecular complexity index is 864. The first-order valence-electron chi connectivity index (χ1n) is 9.02. The zero-order chi connectivity index (χ0) is 18.1. The van der Waals surface area contributed by atoms with Gasteiger partial charge in [0.1, 0.15) is 17.9 Å². The van der Waals surface area contributed by atoms with Crippen LogP contribution in [0.2, 0.25) is 0 Å². The summed E-state index contributed by atoms with van der Waals surface area (Å²) >= 11 is 0. The van der Waals surface area contributed by atoms with Crippen molar-refractivity contribution in [3.05, 3.63) is 65.2 Å². The third-order valence-corrected chi connectivity index (χ3v) is 5.22. The van der Waals surface area contributed by atoms with E-state index in [0.717, 1.165) is 35.3 Å². The maximum atomic E-state index is 13.1. The van der Waals surface area contributed by atoms with Gasteiger partial charge in [-0.1, -0.05) is 36.4 Å². The molecule has 2 aliphatic rings. The monoisotopic (exact) mass is 350 g/mol. The molecule has 1 saturated heterocycles. The van der Waals surface area contributed by atoms with E-state index in [1.807, 2.05) is 55.5 Å². The fourth-order valence-corrected chi connectivity index (χ4v) is 3.97. The van der Waals surface area contributed by atoms with E-state index in [2.05, 4.69) is 5.32 Å². The Balaban J connectivity index is 1.50. The number of nitrogens with zero attached hydrogens (tertiary/aromatic N) is 1. The van der Waals surface area contributed by atoms with Crippen molar-refractivity contribution < 1.29 is 14.3 Å². The van der Waals surface area contributed by atoms with Crippen LogP contribution in [0.15, 0.2) is 48.5 Å². The van der Waals surface area contributed by atoms with Crippen LogP contribution in [-0.2, 0) is 16.8 Å². The summed E-state index contributed by atoms with van der Waals surface area (Å²) in [5.41, 5.74) is 2.28. The molecular formula is C21H22N2O3. The number of amides is 3. The van der Waals surface area contributed by atoms with Gasteiger partial charge in [-0.25, -0.2) is 4.79 Å². The lowest BCUT2D eigenvalue weighted by Crippen LogP contribution is -2.46. The van der Waals surface area contributed by atoms with Gasteiger partial charge in [-0.3, -0.25) is 9.69 Å². The molecule has 0 unspecified atom stereocenters. The molecule has 5 nitrogen and oxygen atoms in total. The number of imide groups is 1. The quantitative estimate of drug-likeness (QED) is 0.862. The van der Waals surface area contributed by atoms with Crippen molar-refractivity contribution in [3.63, 3.8) is 0 Å². The molecule has 1 fully saturated rings. The zero-order valence-corrected chi connectivity index (χ0v) is 14.8. The molecule has 0 saturated carbocycles. The van der Waals surface area contributed by atoms with Gasteiger partial charge in [0.2, 0.25) is 0 Å². The van der Waals surface area contributed by atoms with Crippen LogP contribution in [0.25, 0.3) is 0 Å². The minimum Gasteiger partial charge on any atom is -0.492 e. The summed E-state index contributed by atoms with van der Waals surface area (Å²) in [7, 11) is 0. The third-order valence-electron chi connectivity index (χ3n) is 5.22. The number of aryl methyl sites for hydroxylation is 2. The summed E-state index contributed by atoms with van der Waals surface area (Å²) in [6, 6.07) is 15.3.